The van der Waals surface area contributed by atoms with Crippen molar-refractivity contribution in [2.45, 2.75) is 44.1 Å². The second-order valence-electron chi connectivity index (χ2n) is 8.98. The molecular weight excluding hydrogens is 434 g/mol. The van der Waals surface area contributed by atoms with E-state index in [1.165, 1.54) is 12.0 Å². The van der Waals surface area contributed by atoms with Crippen LogP contribution in [0.4, 0.5) is 0 Å². The highest BCUT2D eigenvalue weighted by Crippen LogP contribution is 2.42. The smallest absolute Gasteiger partial charge is 0.240 e. The molecule has 4 rings (SSSR count). The van der Waals surface area contributed by atoms with Gasteiger partial charge in [0.25, 0.3) is 0 Å². The van der Waals surface area contributed by atoms with Gasteiger partial charge in [-0.05, 0) is 30.2 Å². The Hall–Kier alpha value is -3.26. The van der Waals surface area contributed by atoms with Crippen molar-refractivity contribution in [1.82, 2.24) is 14.8 Å². The van der Waals surface area contributed by atoms with Crippen LogP contribution >= 0.6 is 0 Å². The van der Waals surface area contributed by atoms with Crippen molar-refractivity contribution in [3.63, 3.8) is 0 Å². The summed E-state index contributed by atoms with van der Waals surface area (Å²) in [6, 6.07) is 11.2. The van der Waals surface area contributed by atoms with E-state index in [-0.39, 0.29) is 49.8 Å². The van der Waals surface area contributed by atoms with E-state index < -0.39 is 5.41 Å². The Balaban J connectivity index is 1.49. The third kappa shape index (κ3) is 4.82. The first-order valence-corrected chi connectivity index (χ1v) is 11.7. The normalized spacial score (nSPS) is 21.2. The third-order valence-electron chi connectivity index (χ3n) is 6.77. The number of ether oxygens (including phenoxy) is 2. The lowest BCUT2D eigenvalue weighted by Crippen LogP contribution is -2.47. The fourth-order valence-electron chi connectivity index (χ4n) is 4.97. The molecule has 0 saturated carbocycles. The summed E-state index contributed by atoms with van der Waals surface area (Å²) in [7, 11) is 1.53. The summed E-state index contributed by atoms with van der Waals surface area (Å²) in [6.45, 7) is 3.46. The topological polar surface area (TPSA) is 89.0 Å². The van der Waals surface area contributed by atoms with Crippen LogP contribution < -0.4 is 4.74 Å². The van der Waals surface area contributed by atoms with Crippen LogP contribution in [0.25, 0.3) is 0 Å². The first-order chi connectivity index (χ1) is 16.4. The highest BCUT2D eigenvalue weighted by atomic mass is 16.5. The van der Waals surface area contributed by atoms with Crippen molar-refractivity contribution in [1.29, 1.82) is 0 Å². The monoisotopic (exact) mass is 465 g/mol. The van der Waals surface area contributed by atoms with Crippen molar-refractivity contribution in [3.8, 4) is 5.75 Å². The van der Waals surface area contributed by atoms with Crippen LogP contribution in [0.15, 0.2) is 48.8 Å². The maximum atomic E-state index is 13.6. The number of likely N-dealkylation sites (tertiary alicyclic amines) is 2. The van der Waals surface area contributed by atoms with E-state index in [1.54, 1.807) is 17.3 Å². The second kappa shape index (κ2) is 10.3. The Kier molecular flexibility index (Phi) is 7.26. The standard InChI is InChI=1S/C26H31N3O5/c1-19-6-3-4-8-22(19)26(17-24(31)29(25(26)32)14-15-33-2)16-23(30)28-12-9-20(10-13-28)34-21-7-5-11-27-18-21/h3-8,11,18,20H,9-10,12-17H2,1-2H3/t26-/m1/s1. The summed E-state index contributed by atoms with van der Waals surface area (Å²) < 4.78 is 11.1. The summed E-state index contributed by atoms with van der Waals surface area (Å²) in [5, 5.41) is 0. The first kappa shape index (κ1) is 23.9. The fourth-order valence-corrected chi connectivity index (χ4v) is 4.97. The molecule has 1 aromatic carbocycles. The van der Waals surface area contributed by atoms with Crippen LogP contribution in [0.3, 0.4) is 0 Å². The van der Waals surface area contributed by atoms with Gasteiger partial charge in [-0.1, -0.05) is 24.3 Å². The molecule has 2 aliphatic rings. The SMILES string of the molecule is COCCN1C(=O)C[C@](CC(=O)N2CCC(Oc3cccnc3)CC2)(c2ccccc2C)C1=O. The number of aromatic nitrogens is 1. The van der Waals surface area contributed by atoms with E-state index in [9.17, 15) is 14.4 Å². The van der Waals surface area contributed by atoms with Gasteiger partial charge in [-0.2, -0.15) is 0 Å². The van der Waals surface area contributed by atoms with Crippen molar-refractivity contribution in [2.75, 3.05) is 33.4 Å². The third-order valence-corrected chi connectivity index (χ3v) is 6.77. The number of hydrogen-bond acceptors (Lipinski definition) is 6. The van der Waals surface area contributed by atoms with Gasteiger partial charge in [-0.3, -0.25) is 24.3 Å². The zero-order valence-electron chi connectivity index (χ0n) is 19.7. The number of amides is 3. The molecule has 34 heavy (non-hydrogen) atoms. The number of rotatable bonds is 8. The Morgan fingerprint density at radius 2 is 1.91 bits per heavy atom. The summed E-state index contributed by atoms with van der Waals surface area (Å²) in [6.07, 6.45) is 4.76. The largest absolute Gasteiger partial charge is 0.489 e. The second-order valence-corrected chi connectivity index (χ2v) is 8.98. The molecule has 2 saturated heterocycles. The van der Waals surface area contributed by atoms with Crippen molar-refractivity contribution in [3.05, 3.63) is 59.9 Å². The Labute approximate surface area is 199 Å². The Morgan fingerprint density at radius 1 is 1.15 bits per heavy atom. The molecule has 0 N–H and O–H groups in total. The minimum Gasteiger partial charge on any atom is -0.489 e. The van der Waals surface area contributed by atoms with Crippen molar-refractivity contribution in [2.24, 2.45) is 0 Å². The number of carbonyl (C=O) groups excluding carboxylic acids is 3. The number of pyridine rings is 1. The first-order valence-electron chi connectivity index (χ1n) is 11.7. The Morgan fingerprint density at radius 3 is 2.59 bits per heavy atom. The molecule has 0 spiro atoms. The van der Waals surface area contributed by atoms with E-state index in [4.69, 9.17) is 9.47 Å². The number of aryl methyl sites for hydroxylation is 1. The molecule has 1 aromatic heterocycles. The van der Waals surface area contributed by atoms with Gasteiger partial charge in [0.05, 0.1) is 24.8 Å². The molecular formula is C26H31N3O5. The number of hydrogen-bond donors (Lipinski definition) is 0. The number of nitrogens with zero attached hydrogens (tertiary/aromatic N) is 3. The minimum absolute atomic E-state index is 0.00722. The molecule has 3 amide bonds. The van der Waals surface area contributed by atoms with Crippen LogP contribution in [-0.2, 0) is 24.5 Å². The number of methoxy groups -OCH3 is 1. The van der Waals surface area contributed by atoms with Gasteiger partial charge in [-0.25, -0.2) is 0 Å². The zero-order chi connectivity index (χ0) is 24.1. The van der Waals surface area contributed by atoms with Crippen LogP contribution in [0, 0.1) is 6.92 Å². The van der Waals surface area contributed by atoms with E-state index in [1.807, 2.05) is 43.3 Å². The average molecular weight is 466 g/mol. The van der Waals surface area contributed by atoms with Gasteiger partial charge in [0.1, 0.15) is 11.9 Å². The maximum Gasteiger partial charge on any atom is 0.240 e. The zero-order valence-corrected chi connectivity index (χ0v) is 19.7. The van der Waals surface area contributed by atoms with Crippen LogP contribution in [0.2, 0.25) is 0 Å². The van der Waals surface area contributed by atoms with Crippen LogP contribution in [0.1, 0.15) is 36.8 Å². The number of carbonyl (C=O) groups is 3. The lowest BCUT2D eigenvalue weighted by Gasteiger charge is -2.35. The number of benzene rings is 1. The molecule has 1 atom stereocenters. The molecule has 2 aromatic rings. The van der Waals surface area contributed by atoms with Crippen molar-refractivity contribution >= 4 is 17.7 Å². The van der Waals surface area contributed by atoms with Gasteiger partial charge >= 0.3 is 0 Å². The number of imide groups is 1. The summed E-state index contributed by atoms with van der Waals surface area (Å²) in [4.78, 5) is 47.1. The summed E-state index contributed by atoms with van der Waals surface area (Å²) in [5.74, 6) is 0.0310. The maximum absolute atomic E-state index is 13.6. The predicted octanol–water partition coefficient (Wildman–Crippen LogP) is 2.49. The molecule has 0 radical (unpaired) electrons. The van der Waals surface area contributed by atoms with Crippen molar-refractivity contribution < 1.29 is 23.9 Å². The molecule has 3 heterocycles. The van der Waals surface area contributed by atoms with Gasteiger partial charge in [0, 0.05) is 52.1 Å². The van der Waals surface area contributed by atoms with Gasteiger partial charge in [0.15, 0.2) is 0 Å². The van der Waals surface area contributed by atoms with E-state index in [2.05, 4.69) is 4.98 Å². The van der Waals surface area contributed by atoms with E-state index in [0.717, 1.165) is 16.9 Å². The highest BCUT2D eigenvalue weighted by Gasteiger charge is 2.54. The molecule has 0 aliphatic carbocycles. The van der Waals surface area contributed by atoms with E-state index in [0.29, 0.717) is 25.9 Å². The van der Waals surface area contributed by atoms with Crippen LogP contribution in [-0.4, -0.2) is 72.0 Å². The van der Waals surface area contributed by atoms with Crippen LogP contribution in [0.5, 0.6) is 5.75 Å². The highest BCUT2D eigenvalue weighted by molar-refractivity contribution is 6.11. The molecule has 0 unspecified atom stereocenters. The summed E-state index contributed by atoms with van der Waals surface area (Å²) in [5.41, 5.74) is 0.459. The lowest BCUT2D eigenvalue weighted by molar-refractivity contribution is -0.143. The minimum atomic E-state index is -1.18. The lowest BCUT2D eigenvalue weighted by atomic mass is 9.73. The quantitative estimate of drug-likeness (QED) is 0.557. The molecule has 180 valence electrons. The molecule has 0 bridgehead atoms. The predicted molar refractivity (Wildman–Crippen MR) is 125 cm³/mol. The molecule has 8 heteroatoms. The van der Waals surface area contributed by atoms with Gasteiger partial charge < -0.3 is 14.4 Å². The molecule has 2 aliphatic heterocycles. The molecule has 8 nitrogen and oxygen atoms in total. The molecule has 2 fully saturated rings. The number of piperidine rings is 1. The fraction of sp³-hybridized carbons (Fsp3) is 0.462. The average Bonchev–Trinajstić information content (AvgIpc) is 3.08. The van der Waals surface area contributed by atoms with Gasteiger partial charge in [-0.15, -0.1) is 0 Å². The Bertz CT molecular complexity index is 1040. The van der Waals surface area contributed by atoms with E-state index >= 15 is 0 Å². The summed E-state index contributed by atoms with van der Waals surface area (Å²) >= 11 is 0. The van der Waals surface area contributed by atoms with Gasteiger partial charge in [0.2, 0.25) is 17.7 Å².